The predicted octanol–water partition coefficient (Wildman–Crippen LogP) is 5.74. The highest BCUT2D eigenvalue weighted by molar-refractivity contribution is 5.94. The highest BCUT2D eigenvalue weighted by Gasteiger charge is 2.33. The molecule has 4 heteroatoms. The Bertz CT molecular complexity index is 1250. The van der Waals surface area contributed by atoms with Crippen molar-refractivity contribution in [1.82, 2.24) is 9.97 Å². The van der Waals surface area contributed by atoms with Gasteiger partial charge >= 0.3 is 0 Å². The number of para-hydroxylation sites is 1. The Morgan fingerprint density at radius 3 is 2.71 bits per heavy atom. The van der Waals surface area contributed by atoms with Crippen LogP contribution in [-0.4, -0.2) is 28.8 Å². The zero-order valence-electron chi connectivity index (χ0n) is 17.4. The number of rotatable bonds is 2. The number of hydrogen-bond acceptors (Lipinski definition) is 4. The van der Waals surface area contributed by atoms with E-state index in [0.717, 1.165) is 59.6 Å². The molecule has 1 aromatic heterocycles. The van der Waals surface area contributed by atoms with Crippen molar-refractivity contribution in [1.29, 1.82) is 0 Å². The van der Waals surface area contributed by atoms with E-state index in [0.29, 0.717) is 5.92 Å². The van der Waals surface area contributed by atoms with Crippen molar-refractivity contribution < 1.29 is 0 Å². The number of allylic oxidation sites excluding steroid dienone is 3. The Hall–Kier alpha value is -3.53. The van der Waals surface area contributed by atoms with Gasteiger partial charge in [-0.25, -0.2) is 9.97 Å². The van der Waals surface area contributed by atoms with Crippen LogP contribution in [0.5, 0.6) is 0 Å². The largest absolute Gasteiger partial charge is 0.301 e. The molecule has 152 valence electrons. The number of hydrogen-bond donors (Lipinski definition) is 0. The van der Waals surface area contributed by atoms with E-state index >= 15 is 0 Å². The van der Waals surface area contributed by atoms with E-state index in [1.807, 2.05) is 18.3 Å². The minimum Gasteiger partial charge on any atom is -0.301 e. The molecule has 2 aromatic carbocycles. The number of dihydropyridines is 1. The van der Waals surface area contributed by atoms with Gasteiger partial charge in [0.15, 0.2) is 0 Å². The van der Waals surface area contributed by atoms with Crippen molar-refractivity contribution in [2.75, 3.05) is 11.4 Å². The maximum atomic E-state index is 5.18. The smallest absolute Gasteiger partial charge is 0.231 e. The van der Waals surface area contributed by atoms with Crippen molar-refractivity contribution in [3.05, 3.63) is 90.2 Å². The molecule has 0 saturated heterocycles. The molecule has 31 heavy (non-hydrogen) atoms. The quantitative estimate of drug-likeness (QED) is 0.512. The fourth-order valence-electron chi connectivity index (χ4n) is 4.89. The molecule has 0 spiro atoms. The second kappa shape index (κ2) is 7.62. The molecule has 4 nitrogen and oxygen atoms in total. The number of aromatic nitrogens is 2. The average molecular weight is 405 g/mol. The lowest BCUT2D eigenvalue weighted by Crippen LogP contribution is -2.41. The molecule has 2 atom stereocenters. The highest BCUT2D eigenvalue weighted by atomic mass is 15.3. The third-order valence-electron chi connectivity index (χ3n) is 6.45. The van der Waals surface area contributed by atoms with Crippen molar-refractivity contribution >= 4 is 23.1 Å². The number of aliphatic imine (C=N–C) groups is 1. The van der Waals surface area contributed by atoms with Crippen LogP contribution in [0.25, 0.3) is 22.2 Å². The standard InChI is InChI=1S/C27H24N4/c1-2-9-21(10-3-1)26-22-11-5-6-12-23(22)29-27(30-26)31-24-13-7-4-8-19(24)14-15-20-16-17-28-18-25(20)31/h1-3,5-7,9-15,18-19,24H,4,8,16-17H2. The molecule has 0 saturated carbocycles. The van der Waals surface area contributed by atoms with E-state index in [-0.39, 0.29) is 6.04 Å². The van der Waals surface area contributed by atoms with E-state index in [1.165, 1.54) is 5.57 Å². The Kier molecular flexibility index (Phi) is 4.49. The van der Waals surface area contributed by atoms with Crippen LogP contribution in [0, 0.1) is 5.92 Å². The fourth-order valence-corrected chi connectivity index (χ4v) is 4.89. The maximum Gasteiger partial charge on any atom is 0.231 e. The van der Waals surface area contributed by atoms with Crippen LogP contribution in [-0.2, 0) is 0 Å². The minimum absolute atomic E-state index is 0.201. The molecule has 0 bridgehead atoms. The van der Waals surface area contributed by atoms with Crippen LogP contribution in [0.1, 0.15) is 19.3 Å². The first-order valence-corrected chi connectivity index (χ1v) is 11.1. The van der Waals surface area contributed by atoms with E-state index in [1.54, 1.807) is 0 Å². The summed E-state index contributed by atoms with van der Waals surface area (Å²) in [6, 6.07) is 18.9. The van der Waals surface area contributed by atoms with Gasteiger partial charge < -0.3 is 4.90 Å². The lowest BCUT2D eigenvalue weighted by Gasteiger charge is -2.36. The van der Waals surface area contributed by atoms with Gasteiger partial charge in [0.1, 0.15) is 0 Å². The zero-order valence-corrected chi connectivity index (χ0v) is 17.4. The second-order valence-corrected chi connectivity index (χ2v) is 8.34. The Labute approximate surface area is 182 Å². The number of benzene rings is 2. The molecule has 0 fully saturated rings. The normalized spacial score (nSPS) is 22.4. The van der Waals surface area contributed by atoms with Crippen LogP contribution >= 0.6 is 0 Å². The number of anilines is 1. The van der Waals surface area contributed by atoms with E-state index < -0.39 is 0 Å². The topological polar surface area (TPSA) is 41.4 Å². The van der Waals surface area contributed by atoms with Crippen molar-refractivity contribution in [2.24, 2.45) is 10.9 Å². The van der Waals surface area contributed by atoms with Gasteiger partial charge in [0.2, 0.25) is 5.95 Å². The first-order valence-electron chi connectivity index (χ1n) is 11.1. The monoisotopic (exact) mass is 404 g/mol. The van der Waals surface area contributed by atoms with E-state index in [4.69, 9.17) is 9.97 Å². The molecule has 6 rings (SSSR count). The SMILES string of the molecule is C1=CC2C(C=CC3=C(C=NCC3)N2c2nc(-c3ccccc3)c3ccccc3n2)CC1. The molecule has 0 amide bonds. The average Bonchev–Trinajstić information content (AvgIpc) is 3.01. The van der Waals surface area contributed by atoms with Crippen LogP contribution in [0.4, 0.5) is 5.95 Å². The van der Waals surface area contributed by atoms with Crippen molar-refractivity contribution in [2.45, 2.75) is 25.3 Å². The van der Waals surface area contributed by atoms with E-state index in [2.05, 4.69) is 76.7 Å². The summed E-state index contributed by atoms with van der Waals surface area (Å²) in [5, 5.41) is 1.08. The molecule has 1 aliphatic carbocycles. The second-order valence-electron chi connectivity index (χ2n) is 8.34. The molecule has 3 aliphatic rings. The van der Waals surface area contributed by atoms with Gasteiger partial charge in [0.05, 0.1) is 22.9 Å². The van der Waals surface area contributed by atoms with Gasteiger partial charge in [-0.15, -0.1) is 0 Å². The first kappa shape index (κ1) is 18.3. The van der Waals surface area contributed by atoms with Crippen LogP contribution < -0.4 is 4.90 Å². The van der Waals surface area contributed by atoms with Crippen LogP contribution in [0.2, 0.25) is 0 Å². The Balaban J connectivity index is 1.60. The van der Waals surface area contributed by atoms with Gasteiger partial charge in [0, 0.05) is 29.6 Å². The third kappa shape index (κ3) is 3.19. The summed E-state index contributed by atoms with van der Waals surface area (Å²) in [7, 11) is 0. The fraction of sp³-hybridized carbons (Fsp3) is 0.222. The van der Waals surface area contributed by atoms with E-state index in [9.17, 15) is 0 Å². The van der Waals surface area contributed by atoms with Crippen LogP contribution in [0.3, 0.4) is 0 Å². The van der Waals surface area contributed by atoms with Crippen molar-refractivity contribution in [3.63, 3.8) is 0 Å². The molecular weight excluding hydrogens is 380 g/mol. The molecule has 3 aromatic rings. The number of nitrogens with zero attached hydrogens (tertiary/aromatic N) is 4. The summed E-state index contributed by atoms with van der Waals surface area (Å²) in [6.07, 6.45) is 14.6. The summed E-state index contributed by atoms with van der Waals surface area (Å²) < 4.78 is 0. The molecule has 2 unspecified atom stereocenters. The molecule has 3 heterocycles. The van der Waals surface area contributed by atoms with Gasteiger partial charge in [-0.05, 0) is 30.9 Å². The molecule has 0 N–H and O–H groups in total. The van der Waals surface area contributed by atoms with Gasteiger partial charge in [-0.1, -0.05) is 72.8 Å². The minimum atomic E-state index is 0.201. The predicted molar refractivity (Wildman–Crippen MR) is 127 cm³/mol. The Morgan fingerprint density at radius 2 is 1.77 bits per heavy atom. The lowest BCUT2D eigenvalue weighted by atomic mass is 9.88. The summed E-state index contributed by atoms with van der Waals surface area (Å²) >= 11 is 0. The zero-order chi connectivity index (χ0) is 20.6. The van der Waals surface area contributed by atoms with Gasteiger partial charge in [0.25, 0.3) is 0 Å². The first-order chi connectivity index (χ1) is 15.4. The summed E-state index contributed by atoms with van der Waals surface area (Å²) in [5.41, 5.74) is 5.52. The lowest BCUT2D eigenvalue weighted by molar-refractivity contribution is 0.501. The Morgan fingerprint density at radius 1 is 0.903 bits per heavy atom. The van der Waals surface area contributed by atoms with Gasteiger partial charge in [-0.3, -0.25) is 4.99 Å². The van der Waals surface area contributed by atoms with Crippen LogP contribution in [0.15, 0.2) is 95.2 Å². The van der Waals surface area contributed by atoms with Crippen molar-refractivity contribution in [3.8, 4) is 11.3 Å². The highest BCUT2D eigenvalue weighted by Crippen LogP contribution is 2.37. The third-order valence-corrected chi connectivity index (χ3v) is 6.45. The molecule has 0 radical (unpaired) electrons. The summed E-state index contributed by atoms with van der Waals surface area (Å²) in [4.78, 5) is 17.2. The van der Waals surface area contributed by atoms with Gasteiger partial charge in [-0.2, -0.15) is 0 Å². The number of fused-ring (bicyclic) bond motifs is 2. The molecule has 2 aliphatic heterocycles. The molecular formula is C27H24N4. The maximum absolute atomic E-state index is 5.18. The summed E-state index contributed by atoms with van der Waals surface area (Å²) in [6.45, 7) is 0.843. The summed E-state index contributed by atoms with van der Waals surface area (Å²) in [5.74, 6) is 1.20.